The summed E-state index contributed by atoms with van der Waals surface area (Å²) in [6.07, 6.45) is 11.4. The van der Waals surface area contributed by atoms with Crippen molar-refractivity contribution in [3.63, 3.8) is 0 Å². The maximum absolute atomic E-state index is 12.3. The summed E-state index contributed by atoms with van der Waals surface area (Å²) in [5.41, 5.74) is 0. The first-order valence-corrected chi connectivity index (χ1v) is 6.90. The van der Waals surface area contributed by atoms with Crippen LogP contribution in [0.2, 0.25) is 0 Å². The molecule has 1 N–H and O–H groups in total. The zero-order valence-corrected chi connectivity index (χ0v) is 12.0. The lowest BCUT2D eigenvalue weighted by molar-refractivity contribution is -0.131. The lowest BCUT2D eigenvalue weighted by Gasteiger charge is -2.21. The SMILES string of the molecule is CCCC(CC(=O)N(C)Cc1ncc[nH]1)n1ccnc1. The van der Waals surface area contributed by atoms with E-state index in [0.29, 0.717) is 13.0 Å². The standard InChI is InChI=1S/C14H21N5O/c1-3-4-12(19-8-7-15-11-19)9-14(20)18(2)10-13-16-5-6-17-13/h5-8,11-12H,3-4,9-10H2,1-2H3,(H,16,17). The van der Waals surface area contributed by atoms with Crippen molar-refractivity contribution < 1.29 is 4.79 Å². The molecule has 1 amide bonds. The number of hydrogen-bond donors (Lipinski definition) is 1. The van der Waals surface area contributed by atoms with E-state index in [1.165, 1.54) is 0 Å². The van der Waals surface area contributed by atoms with Crippen molar-refractivity contribution in [2.75, 3.05) is 7.05 Å². The van der Waals surface area contributed by atoms with Crippen LogP contribution in [0.5, 0.6) is 0 Å². The lowest BCUT2D eigenvalue weighted by Crippen LogP contribution is -2.29. The Bertz CT molecular complexity index is 506. The first kappa shape index (κ1) is 14.3. The molecule has 2 heterocycles. The molecule has 0 fully saturated rings. The number of rotatable bonds is 7. The normalized spacial score (nSPS) is 12.3. The van der Waals surface area contributed by atoms with Gasteiger partial charge in [-0.3, -0.25) is 4.79 Å². The van der Waals surface area contributed by atoms with Crippen LogP contribution in [0.3, 0.4) is 0 Å². The number of aromatic amines is 1. The highest BCUT2D eigenvalue weighted by molar-refractivity contribution is 5.76. The molecule has 0 spiro atoms. The summed E-state index contributed by atoms with van der Waals surface area (Å²) >= 11 is 0. The van der Waals surface area contributed by atoms with Crippen molar-refractivity contribution in [2.45, 2.75) is 38.8 Å². The molecule has 2 rings (SSSR count). The van der Waals surface area contributed by atoms with Crippen LogP contribution in [0.4, 0.5) is 0 Å². The molecule has 2 aromatic rings. The van der Waals surface area contributed by atoms with Gasteiger partial charge < -0.3 is 14.5 Å². The van der Waals surface area contributed by atoms with Gasteiger partial charge in [0.2, 0.25) is 5.91 Å². The monoisotopic (exact) mass is 275 g/mol. The number of hydrogen-bond acceptors (Lipinski definition) is 3. The van der Waals surface area contributed by atoms with Gasteiger partial charge in [-0.2, -0.15) is 0 Å². The number of imidazole rings is 2. The Hall–Kier alpha value is -2.11. The minimum absolute atomic E-state index is 0.119. The average molecular weight is 275 g/mol. The topological polar surface area (TPSA) is 66.8 Å². The average Bonchev–Trinajstić information content (AvgIpc) is 3.11. The quantitative estimate of drug-likeness (QED) is 0.840. The Balaban J connectivity index is 1.94. The summed E-state index contributed by atoms with van der Waals surface area (Å²) in [4.78, 5) is 25.2. The minimum Gasteiger partial charge on any atom is -0.347 e. The first-order valence-electron chi connectivity index (χ1n) is 6.90. The fourth-order valence-electron chi connectivity index (χ4n) is 2.23. The molecule has 6 nitrogen and oxygen atoms in total. The van der Waals surface area contributed by atoms with Crippen LogP contribution < -0.4 is 0 Å². The van der Waals surface area contributed by atoms with Gasteiger partial charge in [0.25, 0.3) is 0 Å². The molecule has 0 aliphatic carbocycles. The van der Waals surface area contributed by atoms with E-state index < -0.39 is 0 Å². The molecule has 6 heteroatoms. The van der Waals surface area contributed by atoms with Gasteiger partial charge in [-0.25, -0.2) is 9.97 Å². The third kappa shape index (κ3) is 3.69. The van der Waals surface area contributed by atoms with E-state index in [0.717, 1.165) is 18.7 Å². The summed E-state index contributed by atoms with van der Waals surface area (Å²) in [5.74, 6) is 0.920. The molecular formula is C14H21N5O. The van der Waals surface area contributed by atoms with E-state index in [1.54, 1.807) is 29.8 Å². The van der Waals surface area contributed by atoms with E-state index in [4.69, 9.17) is 0 Å². The largest absolute Gasteiger partial charge is 0.347 e. The summed E-state index contributed by atoms with van der Waals surface area (Å²) in [5, 5.41) is 0. The van der Waals surface area contributed by atoms with Gasteiger partial charge in [-0.1, -0.05) is 13.3 Å². The molecule has 20 heavy (non-hydrogen) atoms. The lowest BCUT2D eigenvalue weighted by atomic mass is 10.1. The summed E-state index contributed by atoms with van der Waals surface area (Å²) < 4.78 is 2.02. The fraction of sp³-hybridized carbons (Fsp3) is 0.500. The number of H-pyrrole nitrogens is 1. The Kier molecular flexibility index (Phi) is 4.92. The van der Waals surface area contributed by atoms with E-state index in [2.05, 4.69) is 21.9 Å². The molecule has 0 saturated carbocycles. The van der Waals surface area contributed by atoms with E-state index >= 15 is 0 Å². The summed E-state index contributed by atoms with van der Waals surface area (Å²) in [6.45, 7) is 2.63. The van der Waals surface area contributed by atoms with Crippen molar-refractivity contribution in [3.8, 4) is 0 Å². The second kappa shape index (κ2) is 6.88. The number of aromatic nitrogens is 4. The highest BCUT2D eigenvalue weighted by Crippen LogP contribution is 2.19. The van der Waals surface area contributed by atoms with Gasteiger partial charge in [0, 0.05) is 44.3 Å². The van der Waals surface area contributed by atoms with Gasteiger partial charge in [-0.15, -0.1) is 0 Å². The van der Waals surface area contributed by atoms with Gasteiger partial charge in [0.1, 0.15) is 5.82 Å². The third-order valence-electron chi connectivity index (χ3n) is 3.35. The van der Waals surface area contributed by atoms with Crippen LogP contribution >= 0.6 is 0 Å². The zero-order chi connectivity index (χ0) is 14.4. The van der Waals surface area contributed by atoms with Crippen LogP contribution in [0.15, 0.2) is 31.1 Å². The molecule has 0 aromatic carbocycles. The van der Waals surface area contributed by atoms with Gasteiger partial charge in [-0.05, 0) is 6.42 Å². The Morgan fingerprint density at radius 2 is 2.35 bits per heavy atom. The summed E-state index contributed by atoms with van der Waals surface area (Å²) in [7, 11) is 1.81. The van der Waals surface area contributed by atoms with Crippen molar-refractivity contribution in [2.24, 2.45) is 0 Å². The van der Waals surface area contributed by atoms with E-state index in [9.17, 15) is 4.79 Å². The predicted molar refractivity (Wildman–Crippen MR) is 75.9 cm³/mol. The molecule has 0 bridgehead atoms. The van der Waals surface area contributed by atoms with Crippen molar-refractivity contribution in [1.82, 2.24) is 24.4 Å². The van der Waals surface area contributed by atoms with Crippen molar-refractivity contribution in [1.29, 1.82) is 0 Å². The Morgan fingerprint density at radius 3 is 2.95 bits per heavy atom. The number of amides is 1. The van der Waals surface area contributed by atoms with Crippen LogP contribution in [0.25, 0.3) is 0 Å². The molecule has 2 aromatic heterocycles. The molecule has 108 valence electrons. The highest BCUT2D eigenvalue weighted by atomic mass is 16.2. The van der Waals surface area contributed by atoms with Crippen LogP contribution in [-0.2, 0) is 11.3 Å². The molecule has 0 radical (unpaired) electrons. The van der Waals surface area contributed by atoms with Gasteiger partial charge in [0.15, 0.2) is 0 Å². The van der Waals surface area contributed by atoms with Crippen LogP contribution in [0, 0.1) is 0 Å². The maximum Gasteiger partial charge on any atom is 0.224 e. The number of nitrogens with one attached hydrogen (secondary N) is 1. The molecular weight excluding hydrogens is 254 g/mol. The zero-order valence-electron chi connectivity index (χ0n) is 12.0. The molecule has 0 aliphatic heterocycles. The van der Waals surface area contributed by atoms with E-state index in [1.807, 2.05) is 17.8 Å². The second-order valence-electron chi connectivity index (χ2n) is 4.94. The van der Waals surface area contributed by atoms with Gasteiger partial charge >= 0.3 is 0 Å². The first-order chi connectivity index (χ1) is 9.70. The molecule has 1 unspecified atom stereocenters. The Labute approximate surface area is 118 Å². The molecule has 1 atom stereocenters. The fourth-order valence-corrected chi connectivity index (χ4v) is 2.23. The van der Waals surface area contributed by atoms with Crippen molar-refractivity contribution in [3.05, 3.63) is 36.9 Å². The minimum atomic E-state index is 0.119. The third-order valence-corrected chi connectivity index (χ3v) is 3.35. The maximum atomic E-state index is 12.3. The van der Waals surface area contributed by atoms with Crippen LogP contribution in [0.1, 0.15) is 38.1 Å². The Morgan fingerprint density at radius 1 is 1.50 bits per heavy atom. The number of carbonyl (C=O) groups is 1. The van der Waals surface area contributed by atoms with Gasteiger partial charge in [0.05, 0.1) is 12.9 Å². The molecule has 0 saturated heterocycles. The highest BCUT2D eigenvalue weighted by Gasteiger charge is 2.18. The number of nitrogens with zero attached hydrogens (tertiary/aromatic N) is 4. The second-order valence-corrected chi connectivity index (χ2v) is 4.94. The van der Waals surface area contributed by atoms with Crippen LogP contribution in [-0.4, -0.2) is 37.4 Å². The smallest absolute Gasteiger partial charge is 0.224 e. The number of carbonyl (C=O) groups excluding carboxylic acids is 1. The predicted octanol–water partition coefficient (Wildman–Crippen LogP) is 2.00. The van der Waals surface area contributed by atoms with Crippen molar-refractivity contribution >= 4 is 5.91 Å². The molecule has 0 aliphatic rings. The summed E-state index contributed by atoms with van der Waals surface area (Å²) in [6, 6.07) is 0.175. The van der Waals surface area contributed by atoms with E-state index in [-0.39, 0.29) is 11.9 Å².